The number of nitrogens with zero attached hydrogens (tertiary/aromatic N) is 2. The van der Waals surface area contributed by atoms with Crippen molar-refractivity contribution in [2.45, 2.75) is 13.0 Å². The number of carbonyl (C=O) groups is 1. The van der Waals surface area contributed by atoms with E-state index < -0.39 is 0 Å². The first-order valence-electron chi connectivity index (χ1n) is 8.40. The lowest BCUT2D eigenvalue weighted by Gasteiger charge is -2.14. The molecule has 2 aromatic heterocycles. The lowest BCUT2D eigenvalue weighted by atomic mass is 10.1. The Kier molecular flexibility index (Phi) is 3.97. The molecular formula is C21H17N3O2. The maximum atomic E-state index is 12.7. The van der Waals surface area contributed by atoms with Crippen LogP contribution in [0.1, 0.15) is 28.9 Å². The van der Waals surface area contributed by atoms with E-state index in [1.807, 2.05) is 43.3 Å². The van der Waals surface area contributed by atoms with Crippen LogP contribution in [0, 0.1) is 0 Å². The topological polar surface area (TPSA) is 63.5 Å². The number of hydrogen-bond acceptors (Lipinski definition) is 3. The number of fused-ring (bicyclic) bond motifs is 2. The number of amides is 1. The van der Waals surface area contributed by atoms with E-state index in [1.165, 1.54) is 4.40 Å². The minimum absolute atomic E-state index is 0.133. The molecule has 0 aliphatic heterocycles. The van der Waals surface area contributed by atoms with Crippen LogP contribution in [-0.2, 0) is 0 Å². The van der Waals surface area contributed by atoms with E-state index >= 15 is 0 Å². The van der Waals surface area contributed by atoms with E-state index in [1.54, 1.807) is 36.5 Å². The van der Waals surface area contributed by atoms with Gasteiger partial charge in [-0.15, -0.1) is 0 Å². The van der Waals surface area contributed by atoms with Gasteiger partial charge in [0.05, 0.1) is 22.5 Å². The van der Waals surface area contributed by atoms with Gasteiger partial charge in [0.2, 0.25) is 0 Å². The Labute approximate surface area is 149 Å². The number of nitrogens with one attached hydrogen (secondary N) is 1. The highest BCUT2D eigenvalue weighted by Crippen LogP contribution is 2.13. The van der Waals surface area contributed by atoms with Gasteiger partial charge in [-0.2, -0.15) is 0 Å². The summed E-state index contributed by atoms with van der Waals surface area (Å²) in [6.45, 7) is 1.93. The van der Waals surface area contributed by atoms with Crippen LogP contribution in [0.15, 0.2) is 77.7 Å². The van der Waals surface area contributed by atoms with E-state index in [0.29, 0.717) is 22.1 Å². The van der Waals surface area contributed by atoms with Gasteiger partial charge in [0.15, 0.2) is 0 Å². The van der Waals surface area contributed by atoms with Crippen LogP contribution in [0.4, 0.5) is 0 Å². The fourth-order valence-corrected chi connectivity index (χ4v) is 2.99. The third kappa shape index (κ3) is 2.84. The molecule has 0 saturated heterocycles. The molecule has 0 bridgehead atoms. The van der Waals surface area contributed by atoms with Gasteiger partial charge in [-0.25, -0.2) is 4.98 Å². The van der Waals surface area contributed by atoms with Crippen LogP contribution in [0.25, 0.3) is 16.6 Å². The molecule has 1 atom stereocenters. The zero-order chi connectivity index (χ0) is 18.1. The van der Waals surface area contributed by atoms with Crippen molar-refractivity contribution in [1.82, 2.24) is 14.7 Å². The zero-order valence-electron chi connectivity index (χ0n) is 14.2. The standard InChI is InChI=1S/C21H17N3O2/c1-14(15-7-3-2-4-8-15)22-20(25)16-11-12-19-23-18-10-6-5-9-17(18)21(26)24(19)13-16/h2-14H,1H3,(H,22,25)/t14-/m0/s1. The van der Waals surface area contributed by atoms with Gasteiger partial charge < -0.3 is 5.32 Å². The number of carbonyl (C=O) groups excluding carboxylic acids is 1. The highest BCUT2D eigenvalue weighted by Gasteiger charge is 2.13. The minimum atomic E-state index is -0.233. The first kappa shape index (κ1) is 16.0. The van der Waals surface area contributed by atoms with E-state index in [2.05, 4.69) is 10.3 Å². The van der Waals surface area contributed by atoms with E-state index in [4.69, 9.17) is 0 Å². The number of rotatable bonds is 3. The Morgan fingerprint density at radius 1 is 1.00 bits per heavy atom. The van der Waals surface area contributed by atoms with Gasteiger partial charge in [-0.3, -0.25) is 14.0 Å². The molecular weight excluding hydrogens is 326 g/mol. The van der Waals surface area contributed by atoms with E-state index in [9.17, 15) is 9.59 Å². The minimum Gasteiger partial charge on any atom is -0.345 e. The van der Waals surface area contributed by atoms with Gasteiger partial charge in [0, 0.05) is 6.20 Å². The first-order chi connectivity index (χ1) is 12.6. The van der Waals surface area contributed by atoms with Gasteiger partial charge in [0.1, 0.15) is 5.65 Å². The predicted molar refractivity (Wildman–Crippen MR) is 101 cm³/mol. The summed E-state index contributed by atoms with van der Waals surface area (Å²) < 4.78 is 1.42. The maximum absolute atomic E-state index is 12.7. The van der Waals surface area contributed by atoms with E-state index in [-0.39, 0.29) is 17.5 Å². The zero-order valence-corrected chi connectivity index (χ0v) is 14.2. The molecule has 0 unspecified atom stereocenters. The summed E-state index contributed by atoms with van der Waals surface area (Å²) in [4.78, 5) is 29.8. The quantitative estimate of drug-likeness (QED) is 0.580. The third-order valence-electron chi connectivity index (χ3n) is 4.42. The molecule has 2 heterocycles. The fourth-order valence-electron chi connectivity index (χ4n) is 2.99. The van der Waals surface area contributed by atoms with Crippen molar-refractivity contribution < 1.29 is 4.79 Å². The summed E-state index contributed by atoms with van der Waals surface area (Å²) in [5.41, 5.74) is 2.41. The van der Waals surface area contributed by atoms with Crippen LogP contribution < -0.4 is 10.9 Å². The van der Waals surface area contributed by atoms with Crippen LogP contribution in [0.3, 0.4) is 0 Å². The third-order valence-corrected chi connectivity index (χ3v) is 4.42. The molecule has 2 aromatic carbocycles. The molecule has 26 heavy (non-hydrogen) atoms. The molecule has 0 spiro atoms. The lowest BCUT2D eigenvalue weighted by Crippen LogP contribution is -2.27. The second-order valence-electron chi connectivity index (χ2n) is 6.19. The molecule has 0 radical (unpaired) electrons. The van der Waals surface area contributed by atoms with Gasteiger partial charge in [0.25, 0.3) is 11.5 Å². The normalized spacial score (nSPS) is 12.2. The summed E-state index contributed by atoms with van der Waals surface area (Å²) >= 11 is 0. The summed E-state index contributed by atoms with van der Waals surface area (Å²) in [6, 6.07) is 20.2. The molecule has 0 saturated carbocycles. The summed E-state index contributed by atoms with van der Waals surface area (Å²) in [5.74, 6) is -0.233. The monoisotopic (exact) mass is 343 g/mol. The number of benzene rings is 2. The Hall–Kier alpha value is -3.47. The number of para-hydroxylation sites is 1. The summed E-state index contributed by atoms with van der Waals surface area (Å²) in [6.07, 6.45) is 1.55. The van der Waals surface area contributed by atoms with Crippen LogP contribution >= 0.6 is 0 Å². The Morgan fingerprint density at radius 2 is 1.73 bits per heavy atom. The first-order valence-corrected chi connectivity index (χ1v) is 8.40. The second kappa shape index (κ2) is 6.44. The average molecular weight is 343 g/mol. The maximum Gasteiger partial charge on any atom is 0.265 e. The fraction of sp³-hybridized carbons (Fsp3) is 0.0952. The molecule has 128 valence electrons. The van der Waals surface area contributed by atoms with Crippen molar-refractivity contribution in [2.24, 2.45) is 0 Å². The van der Waals surface area contributed by atoms with Crippen molar-refractivity contribution in [3.63, 3.8) is 0 Å². The number of pyridine rings is 1. The van der Waals surface area contributed by atoms with Crippen molar-refractivity contribution in [3.05, 3.63) is 94.4 Å². The predicted octanol–water partition coefficient (Wildman–Crippen LogP) is 3.34. The molecule has 1 amide bonds. The molecule has 5 nitrogen and oxygen atoms in total. The lowest BCUT2D eigenvalue weighted by molar-refractivity contribution is 0.0939. The molecule has 0 aliphatic rings. The molecule has 0 aliphatic carbocycles. The largest absolute Gasteiger partial charge is 0.345 e. The van der Waals surface area contributed by atoms with Crippen molar-refractivity contribution in [1.29, 1.82) is 0 Å². The van der Waals surface area contributed by atoms with E-state index in [0.717, 1.165) is 5.56 Å². The Morgan fingerprint density at radius 3 is 2.54 bits per heavy atom. The number of aromatic nitrogens is 2. The SMILES string of the molecule is C[C@H](NC(=O)c1ccc2nc3ccccc3c(=O)n2c1)c1ccccc1. The summed E-state index contributed by atoms with van der Waals surface area (Å²) in [5, 5.41) is 3.49. The second-order valence-corrected chi connectivity index (χ2v) is 6.19. The van der Waals surface area contributed by atoms with Gasteiger partial charge in [-0.05, 0) is 36.8 Å². The van der Waals surface area contributed by atoms with Gasteiger partial charge >= 0.3 is 0 Å². The van der Waals surface area contributed by atoms with Crippen molar-refractivity contribution in [3.8, 4) is 0 Å². The average Bonchev–Trinajstić information content (AvgIpc) is 2.68. The van der Waals surface area contributed by atoms with Crippen LogP contribution in [0.5, 0.6) is 0 Å². The highest BCUT2D eigenvalue weighted by molar-refractivity contribution is 5.94. The Bertz CT molecular complexity index is 1170. The molecule has 4 aromatic rings. The number of hydrogen-bond donors (Lipinski definition) is 1. The van der Waals surface area contributed by atoms with Crippen LogP contribution in [-0.4, -0.2) is 15.3 Å². The smallest absolute Gasteiger partial charge is 0.265 e. The Balaban J connectivity index is 1.70. The van der Waals surface area contributed by atoms with Crippen molar-refractivity contribution in [2.75, 3.05) is 0 Å². The molecule has 0 fully saturated rings. The van der Waals surface area contributed by atoms with Crippen LogP contribution in [0.2, 0.25) is 0 Å². The molecule has 4 rings (SSSR count). The van der Waals surface area contributed by atoms with Gasteiger partial charge in [-0.1, -0.05) is 42.5 Å². The van der Waals surface area contributed by atoms with Crippen molar-refractivity contribution >= 4 is 22.5 Å². The highest BCUT2D eigenvalue weighted by atomic mass is 16.2. The molecule has 5 heteroatoms. The molecule has 1 N–H and O–H groups in total. The summed E-state index contributed by atoms with van der Waals surface area (Å²) in [7, 11) is 0.